The van der Waals surface area contributed by atoms with Crippen molar-refractivity contribution < 1.29 is 18.3 Å². The van der Waals surface area contributed by atoms with Crippen LogP contribution in [0.25, 0.3) is 5.69 Å². The van der Waals surface area contributed by atoms with Crippen LogP contribution in [0.5, 0.6) is 0 Å². The zero-order chi connectivity index (χ0) is 19.7. The number of aromatic nitrogens is 3. The van der Waals surface area contributed by atoms with Crippen LogP contribution >= 0.6 is 11.6 Å². The molecule has 1 unspecified atom stereocenters. The Morgan fingerprint density at radius 1 is 1.21 bits per heavy atom. The number of nitrogens with zero attached hydrogens (tertiary/aromatic N) is 5. The Bertz CT molecular complexity index is 856. The zero-order valence-electron chi connectivity index (χ0n) is 15.1. The van der Waals surface area contributed by atoms with Gasteiger partial charge in [0.25, 0.3) is 5.92 Å². The summed E-state index contributed by atoms with van der Waals surface area (Å²) in [5, 5.41) is 4.60. The molecular weight excluding hydrogens is 392 g/mol. The van der Waals surface area contributed by atoms with Gasteiger partial charge < -0.3 is 14.5 Å². The molecule has 28 heavy (non-hydrogen) atoms. The summed E-state index contributed by atoms with van der Waals surface area (Å²) in [4.78, 5) is 19.8. The first-order chi connectivity index (χ1) is 13.5. The van der Waals surface area contributed by atoms with Gasteiger partial charge in [0.05, 0.1) is 48.5 Å². The topological polar surface area (TPSA) is 63.5 Å². The van der Waals surface area contributed by atoms with Crippen LogP contribution in [-0.4, -0.2) is 70.9 Å². The van der Waals surface area contributed by atoms with Crippen molar-refractivity contribution in [2.45, 2.75) is 12.3 Å². The molecule has 0 aromatic carbocycles. The molecule has 0 aliphatic carbocycles. The molecule has 1 atom stereocenters. The number of carbonyl (C=O) groups is 1. The van der Waals surface area contributed by atoms with E-state index in [0.717, 1.165) is 0 Å². The van der Waals surface area contributed by atoms with E-state index in [1.807, 2.05) is 0 Å². The first-order valence-electron chi connectivity index (χ1n) is 9.09. The van der Waals surface area contributed by atoms with Crippen LogP contribution in [0.3, 0.4) is 0 Å². The van der Waals surface area contributed by atoms with Crippen LogP contribution in [-0.2, 0) is 9.53 Å². The van der Waals surface area contributed by atoms with E-state index in [0.29, 0.717) is 49.2 Å². The van der Waals surface area contributed by atoms with Gasteiger partial charge in [0.2, 0.25) is 5.91 Å². The molecule has 4 heterocycles. The highest BCUT2D eigenvalue weighted by atomic mass is 35.5. The normalized spacial score (nSPS) is 22.3. The summed E-state index contributed by atoms with van der Waals surface area (Å²) in [6.45, 7) is 1.28. The van der Waals surface area contributed by atoms with Crippen molar-refractivity contribution in [2.24, 2.45) is 5.92 Å². The number of hydrogen-bond acceptors (Lipinski definition) is 5. The molecule has 0 N–H and O–H groups in total. The highest BCUT2D eigenvalue weighted by Gasteiger charge is 2.50. The lowest BCUT2D eigenvalue weighted by atomic mass is 9.90. The van der Waals surface area contributed by atoms with E-state index in [9.17, 15) is 13.6 Å². The third-order valence-corrected chi connectivity index (χ3v) is 5.33. The van der Waals surface area contributed by atoms with Crippen molar-refractivity contribution in [2.75, 3.05) is 44.3 Å². The molecule has 0 bridgehead atoms. The van der Waals surface area contributed by atoms with Crippen LogP contribution in [0.15, 0.2) is 30.9 Å². The van der Waals surface area contributed by atoms with Crippen LogP contribution in [0.1, 0.15) is 6.42 Å². The quantitative estimate of drug-likeness (QED) is 0.775. The molecule has 10 heteroatoms. The summed E-state index contributed by atoms with van der Waals surface area (Å²) in [7, 11) is 0. The Morgan fingerprint density at radius 3 is 2.68 bits per heavy atom. The smallest absolute Gasteiger partial charge is 0.276 e. The van der Waals surface area contributed by atoms with E-state index in [2.05, 4.69) is 10.1 Å². The van der Waals surface area contributed by atoms with Gasteiger partial charge in [0.15, 0.2) is 0 Å². The predicted octanol–water partition coefficient (Wildman–Crippen LogP) is 2.24. The number of morpholine rings is 1. The first kappa shape index (κ1) is 19.1. The van der Waals surface area contributed by atoms with E-state index in [1.165, 1.54) is 22.0 Å². The van der Waals surface area contributed by atoms with Gasteiger partial charge in [0.1, 0.15) is 5.92 Å². The van der Waals surface area contributed by atoms with Crippen LogP contribution in [0.4, 0.5) is 14.5 Å². The Kier molecular flexibility index (Phi) is 5.20. The van der Waals surface area contributed by atoms with Crippen molar-refractivity contribution in [3.05, 3.63) is 35.9 Å². The highest BCUT2D eigenvalue weighted by Crippen LogP contribution is 2.37. The molecule has 2 aliphatic heterocycles. The minimum atomic E-state index is -3.15. The fourth-order valence-electron chi connectivity index (χ4n) is 3.70. The number of anilines is 1. The molecule has 150 valence electrons. The Morgan fingerprint density at radius 2 is 2.00 bits per heavy atom. The standard InChI is InChI=1S/C18H20ClF2N5O2/c19-13-9-23-26(11-13)15-1-3-22-10-16(15)25-4-2-14(18(20,21)12-25)17(27)24-5-7-28-8-6-24/h1,3,9-11,14H,2,4-8,12H2. The van der Waals surface area contributed by atoms with Gasteiger partial charge in [-0.15, -0.1) is 0 Å². The number of carbonyl (C=O) groups excluding carboxylic acids is 1. The molecule has 2 aromatic rings. The third kappa shape index (κ3) is 3.68. The van der Waals surface area contributed by atoms with Crippen molar-refractivity contribution in [1.82, 2.24) is 19.7 Å². The second-order valence-corrected chi connectivity index (χ2v) is 7.37. The monoisotopic (exact) mass is 411 g/mol. The number of halogens is 3. The van der Waals surface area contributed by atoms with E-state index in [-0.39, 0.29) is 6.42 Å². The number of pyridine rings is 1. The van der Waals surface area contributed by atoms with Gasteiger partial charge in [-0.25, -0.2) is 13.5 Å². The molecule has 2 aromatic heterocycles. The van der Waals surface area contributed by atoms with E-state index in [4.69, 9.17) is 16.3 Å². The summed E-state index contributed by atoms with van der Waals surface area (Å²) in [6, 6.07) is 1.70. The lowest BCUT2D eigenvalue weighted by Crippen LogP contribution is -2.56. The fourth-order valence-corrected chi connectivity index (χ4v) is 3.84. The fraction of sp³-hybridized carbons (Fsp3) is 0.500. The number of ether oxygens (including phenoxy) is 1. The van der Waals surface area contributed by atoms with Gasteiger partial charge in [-0.2, -0.15) is 5.10 Å². The van der Waals surface area contributed by atoms with Gasteiger partial charge in [-0.05, 0) is 12.5 Å². The molecule has 2 fully saturated rings. The molecule has 0 saturated carbocycles. The maximum atomic E-state index is 15.0. The van der Waals surface area contributed by atoms with Crippen molar-refractivity contribution in [3.8, 4) is 5.69 Å². The molecule has 1 amide bonds. The lowest BCUT2D eigenvalue weighted by molar-refractivity contribution is -0.155. The molecule has 4 rings (SSSR count). The second kappa shape index (κ2) is 7.63. The summed E-state index contributed by atoms with van der Waals surface area (Å²) < 4.78 is 36.7. The summed E-state index contributed by atoms with van der Waals surface area (Å²) in [5.74, 6) is -4.96. The minimum Gasteiger partial charge on any atom is -0.378 e. The van der Waals surface area contributed by atoms with E-state index >= 15 is 0 Å². The largest absolute Gasteiger partial charge is 0.378 e. The van der Waals surface area contributed by atoms with Crippen molar-refractivity contribution in [3.63, 3.8) is 0 Å². The summed E-state index contributed by atoms with van der Waals surface area (Å²) >= 11 is 5.94. The summed E-state index contributed by atoms with van der Waals surface area (Å²) in [6.07, 6.45) is 6.25. The summed E-state index contributed by atoms with van der Waals surface area (Å²) in [5.41, 5.74) is 1.13. The van der Waals surface area contributed by atoms with Crippen LogP contribution in [0.2, 0.25) is 5.02 Å². The number of alkyl halides is 2. The molecule has 2 saturated heterocycles. The van der Waals surface area contributed by atoms with E-state index in [1.54, 1.807) is 23.4 Å². The molecule has 0 radical (unpaired) electrons. The Hall–Kier alpha value is -2.26. The maximum absolute atomic E-state index is 15.0. The molecular formula is C18H20ClF2N5O2. The predicted molar refractivity (Wildman–Crippen MR) is 99.0 cm³/mol. The minimum absolute atomic E-state index is 0.0669. The Labute approximate surface area is 165 Å². The third-order valence-electron chi connectivity index (χ3n) is 5.14. The number of hydrogen-bond donors (Lipinski definition) is 0. The first-order valence-corrected chi connectivity index (χ1v) is 9.47. The second-order valence-electron chi connectivity index (χ2n) is 6.93. The van der Waals surface area contributed by atoms with Gasteiger partial charge in [0, 0.05) is 32.0 Å². The van der Waals surface area contributed by atoms with Crippen molar-refractivity contribution in [1.29, 1.82) is 0 Å². The molecule has 2 aliphatic rings. The number of rotatable bonds is 3. The highest BCUT2D eigenvalue weighted by molar-refractivity contribution is 6.30. The van der Waals surface area contributed by atoms with Gasteiger partial charge in [-0.1, -0.05) is 11.6 Å². The SMILES string of the molecule is O=C(C1CCN(c2cnccc2-n2cc(Cl)cn2)CC1(F)F)N1CCOCC1. The maximum Gasteiger partial charge on any atom is 0.276 e. The van der Waals surface area contributed by atoms with E-state index < -0.39 is 24.3 Å². The van der Waals surface area contributed by atoms with Crippen LogP contribution < -0.4 is 4.90 Å². The van der Waals surface area contributed by atoms with Crippen LogP contribution in [0, 0.1) is 5.92 Å². The Balaban J connectivity index is 1.55. The zero-order valence-corrected chi connectivity index (χ0v) is 15.9. The number of piperidine rings is 1. The average molecular weight is 412 g/mol. The molecule has 7 nitrogen and oxygen atoms in total. The lowest BCUT2D eigenvalue weighted by Gasteiger charge is -2.41. The average Bonchev–Trinajstić information content (AvgIpc) is 3.13. The number of amides is 1. The van der Waals surface area contributed by atoms with Gasteiger partial charge in [-0.3, -0.25) is 9.78 Å². The van der Waals surface area contributed by atoms with Gasteiger partial charge >= 0.3 is 0 Å². The van der Waals surface area contributed by atoms with Crippen molar-refractivity contribution >= 4 is 23.2 Å². The molecule has 0 spiro atoms.